The van der Waals surface area contributed by atoms with Gasteiger partial charge in [-0.2, -0.15) is 0 Å². The Bertz CT molecular complexity index is 692. The third-order valence-electron chi connectivity index (χ3n) is 3.53. The quantitative estimate of drug-likeness (QED) is 0.504. The summed E-state index contributed by atoms with van der Waals surface area (Å²) >= 11 is 0. The van der Waals surface area contributed by atoms with Gasteiger partial charge in [0.1, 0.15) is 11.3 Å². The number of carbonyl (C=O) groups is 2. The molecule has 0 unspecified atom stereocenters. The maximum Gasteiger partial charge on any atom is 0.410 e. The molecule has 1 aromatic rings. The summed E-state index contributed by atoms with van der Waals surface area (Å²) in [4.78, 5) is 35.9. The Balaban J connectivity index is 2.10. The number of esters is 1. The summed E-state index contributed by atoms with van der Waals surface area (Å²) in [5, 5.41) is 14.2. The zero-order valence-electron chi connectivity index (χ0n) is 14.6. The molecule has 9 heteroatoms. The number of likely N-dealkylation sites (tertiary alicyclic amines) is 1. The van der Waals surface area contributed by atoms with Crippen LogP contribution in [-0.2, 0) is 9.47 Å². The molecule has 25 heavy (non-hydrogen) atoms. The summed E-state index contributed by atoms with van der Waals surface area (Å²) in [6.45, 7) is 5.96. The minimum Gasteiger partial charge on any atom is -0.465 e. The average Bonchev–Trinajstić information content (AvgIpc) is 2.47. The van der Waals surface area contributed by atoms with Crippen molar-refractivity contribution in [1.82, 2.24) is 4.90 Å². The number of ether oxygens (including phenoxy) is 2. The first-order valence-electron chi connectivity index (χ1n) is 7.72. The van der Waals surface area contributed by atoms with Gasteiger partial charge in [-0.05, 0) is 26.8 Å². The number of anilines is 1. The lowest BCUT2D eigenvalue weighted by Crippen LogP contribution is -2.58. The molecule has 1 aliphatic rings. The first kappa shape index (κ1) is 18.5. The number of hydrogen-bond donors (Lipinski definition) is 1. The fourth-order valence-electron chi connectivity index (χ4n) is 2.37. The van der Waals surface area contributed by atoms with E-state index in [4.69, 9.17) is 4.74 Å². The van der Waals surface area contributed by atoms with Crippen LogP contribution in [-0.4, -0.2) is 53.7 Å². The van der Waals surface area contributed by atoms with Gasteiger partial charge in [-0.1, -0.05) is 6.07 Å². The third-order valence-corrected chi connectivity index (χ3v) is 3.53. The van der Waals surface area contributed by atoms with Gasteiger partial charge in [0, 0.05) is 19.2 Å². The number of amides is 1. The second-order valence-electron chi connectivity index (χ2n) is 6.67. The van der Waals surface area contributed by atoms with Crippen LogP contribution in [0.3, 0.4) is 0 Å². The van der Waals surface area contributed by atoms with Gasteiger partial charge in [-0.15, -0.1) is 0 Å². The molecule has 1 aliphatic heterocycles. The van der Waals surface area contributed by atoms with Gasteiger partial charge < -0.3 is 19.7 Å². The Kier molecular flexibility index (Phi) is 5.15. The fourth-order valence-corrected chi connectivity index (χ4v) is 2.37. The van der Waals surface area contributed by atoms with Crippen molar-refractivity contribution in [2.75, 3.05) is 25.5 Å². The molecule has 1 saturated heterocycles. The topological polar surface area (TPSA) is 111 Å². The standard InChI is InChI=1S/C16H21N3O6/c1-16(2,3)25-15(21)18-8-10(9-18)17-13-11(14(20)24-4)6-5-7-12(13)19(22)23/h5-7,10,17H,8-9H2,1-4H3. The molecule has 0 aromatic heterocycles. The number of nitro groups is 1. The number of nitrogens with zero attached hydrogens (tertiary/aromatic N) is 2. The molecule has 0 radical (unpaired) electrons. The van der Waals surface area contributed by atoms with Crippen molar-refractivity contribution < 1.29 is 24.0 Å². The summed E-state index contributed by atoms with van der Waals surface area (Å²) < 4.78 is 9.93. The number of para-hydroxylation sites is 1. The van der Waals surface area contributed by atoms with Crippen molar-refractivity contribution >= 4 is 23.4 Å². The van der Waals surface area contributed by atoms with Crippen LogP contribution in [0.1, 0.15) is 31.1 Å². The van der Waals surface area contributed by atoms with Crippen molar-refractivity contribution in [3.63, 3.8) is 0 Å². The van der Waals surface area contributed by atoms with E-state index >= 15 is 0 Å². The minimum absolute atomic E-state index is 0.0763. The van der Waals surface area contributed by atoms with Crippen LogP contribution in [0.25, 0.3) is 0 Å². The van der Waals surface area contributed by atoms with Crippen molar-refractivity contribution in [3.8, 4) is 0 Å². The number of rotatable bonds is 4. The normalized spacial score (nSPS) is 14.5. The van der Waals surface area contributed by atoms with Crippen molar-refractivity contribution in [1.29, 1.82) is 0 Å². The van der Waals surface area contributed by atoms with Crippen molar-refractivity contribution in [2.24, 2.45) is 0 Å². The van der Waals surface area contributed by atoms with E-state index in [1.807, 2.05) is 0 Å². The van der Waals surface area contributed by atoms with E-state index in [9.17, 15) is 19.7 Å². The molecule has 1 heterocycles. The Morgan fingerprint density at radius 3 is 2.48 bits per heavy atom. The van der Waals surface area contributed by atoms with Crippen LogP contribution < -0.4 is 5.32 Å². The number of nitrogens with one attached hydrogen (secondary N) is 1. The summed E-state index contributed by atoms with van der Waals surface area (Å²) in [5.41, 5.74) is -0.648. The molecule has 0 bridgehead atoms. The number of hydrogen-bond acceptors (Lipinski definition) is 7. The molecule has 0 atom stereocenters. The van der Waals surface area contributed by atoms with Gasteiger partial charge in [0.25, 0.3) is 5.69 Å². The zero-order chi connectivity index (χ0) is 18.8. The van der Waals surface area contributed by atoms with E-state index in [1.54, 1.807) is 20.8 Å². The van der Waals surface area contributed by atoms with Crippen molar-refractivity contribution in [3.05, 3.63) is 33.9 Å². The van der Waals surface area contributed by atoms with Crippen LogP contribution in [0.5, 0.6) is 0 Å². The molecule has 0 spiro atoms. The van der Waals surface area contributed by atoms with E-state index in [1.165, 1.54) is 30.2 Å². The number of benzene rings is 1. The molecule has 1 aromatic carbocycles. The van der Waals surface area contributed by atoms with E-state index in [0.717, 1.165) is 0 Å². The fraction of sp³-hybridized carbons (Fsp3) is 0.500. The predicted molar refractivity (Wildman–Crippen MR) is 89.7 cm³/mol. The van der Waals surface area contributed by atoms with E-state index in [-0.39, 0.29) is 23.0 Å². The Morgan fingerprint density at radius 2 is 1.96 bits per heavy atom. The molecule has 9 nitrogen and oxygen atoms in total. The Labute approximate surface area is 145 Å². The Morgan fingerprint density at radius 1 is 1.32 bits per heavy atom. The molecular formula is C16H21N3O6. The first-order chi connectivity index (χ1) is 11.6. The highest BCUT2D eigenvalue weighted by Crippen LogP contribution is 2.31. The molecular weight excluding hydrogens is 330 g/mol. The van der Waals surface area contributed by atoms with Crippen LogP contribution in [0.15, 0.2) is 18.2 Å². The second-order valence-corrected chi connectivity index (χ2v) is 6.67. The van der Waals surface area contributed by atoms with Crippen LogP contribution in [0.2, 0.25) is 0 Å². The molecule has 1 fully saturated rings. The maximum atomic E-state index is 11.9. The molecule has 0 aliphatic carbocycles. The monoisotopic (exact) mass is 351 g/mol. The van der Waals surface area contributed by atoms with Crippen LogP contribution >= 0.6 is 0 Å². The van der Waals surface area contributed by atoms with Gasteiger partial charge in [0.15, 0.2) is 0 Å². The van der Waals surface area contributed by atoms with Gasteiger partial charge in [-0.3, -0.25) is 10.1 Å². The molecule has 2 rings (SSSR count). The lowest BCUT2D eigenvalue weighted by molar-refractivity contribution is -0.384. The zero-order valence-corrected chi connectivity index (χ0v) is 14.6. The molecule has 0 saturated carbocycles. The number of methoxy groups -OCH3 is 1. The average molecular weight is 351 g/mol. The Hall–Kier alpha value is -2.84. The van der Waals surface area contributed by atoms with Crippen molar-refractivity contribution in [2.45, 2.75) is 32.4 Å². The van der Waals surface area contributed by atoms with E-state index in [2.05, 4.69) is 10.1 Å². The predicted octanol–water partition coefficient (Wildman–Crippen LogP) is 2.41. The largest absolute Gasteiger partial charge is 0.465 e. The summed E-state index contributed by atoms with van der Waals surface area (Å²) in [6.07, 6.45) is -0.443. The summed E-state index contributed by atoms with van der Waals surface area (Å²) in [5.74, 6) is -0.672. The minimum atomic E-state index is -0.672. The SMILES string of the molecule is COC(=O)c1cccc([N+](=O)[O-])c1NC1CN(C(=O)OC(C)(C)C)C1. The van der Waals surface area contributed by atoms with Crippen LogP contribution in [0.4, 0.5) is 16.2 Å². The van der Waals surface area contributed by atoms with E-state index in [0.29, 0.717) is 13.1 Å². The lowest BCUT2D eigenvalue weighted by atomic mass is 10.1. The van der Waals surface area contributed by atoms with Crippen LogP contribution in [0, 0.1) is 10.1 Å². The maximum absolute atomic E-state index is 11.9. The van der Waals surface area contributed by atoms with Gasteiger partial charge in [0.2, 0.25) is 0 Å². The van der Waals surface area contributed by atoms with E-state index < -0.39 is 22.6 Å². The van der Waals surface area contributed by atoms with Gasteiger partial charge >= 0.3 is 12.1 Å². The second kappa shape index (κ2) is 6.96. The first-order valence-corrected chi connectivity index (χ1v) is 7.72. The van der Waals surface area contributed by atoms with Gasteiger partial charge in [0.05, 0.1) is 23.6 Å². The van der Waals surface area contributed by atoms with Gasteiger partial charge in [-0.25, -0.2) is 9.59 Å². The highest BCUT2D eigenvalue weighted by Gasteiger charge is 2.35. The number of nitro benzene ring substituents is 1. The third kappa shape index (κ3) is 4.37. The highest BCUT2D eigenvalue weighted by atomic mass is 16.6. The smallest absolute Gasteiger partial charge is 0.410 e. The molecule has 136 valence electrons. The lowest BCUT2D eigenvalue weighted by Gasteiger charge is -2.40. The summed E-state index contributed by atoms with van der Waals surface area (Å²) in [7, 11) is 1.21. The molecule has 1 N–H and O–H groups in total. The summed E-state index contributed by atoms with van der Waals surface area (Å²) in [6, 6.07) is 3.95. The molecule has 1 amide bonds. The highest BCUT2D eigenvalue weighted by molar-refractivity contribution is 5.98. The number of carbonyl (C=O) groups excluding carboxylic acids is 2.